The Balaban J connectivity index is 1.99. The van der Waals surface area contributed by atoms with Crippen molar-refractivity contribution in [2.75, 3.05) is 17.2 Å². The summed E-state index contributed by atoms with van der Waals surface area (Å²) >= 11 is 6.04. The molecule has 0 saturated carbocycles. The normalized spacial score (nSPS) is 10.3. The lowest BCUT2D eigenvalue weighted by molar-refractivity contribution is -0.114. The molecule has 0 aliphatic rings. The first kappa shape index (κ1) is 15.4. The van der Waals surface area contributed by atoms with Crippen LogP contribution in [0, 0.1) is 20.8 Å². The first-order chi connectivity index (χ1) is 9.99. The number of aryl methyl sites for hydroxylation is 1. The third-order valence-corrected chi connectivity index (χ3v) is 4.00. The predicted octanol–water partition coefficient (Wildman–Crippen LogP) is 4.32. The van der Waals surface area contributed by atoms with Gasteiger partial charge in [0.15, 0.2) is 0 Å². The van der Waals surface area contributed by atoms with Crippen LogP contribution in [0.1, 0.15) is 16.7 Å². The zero-order valence-corrected chi connectivity index (χ0v) is 13.2. The molecule has 0 aliphatic heterocycles. The summed E-state index contributed by atoms with van der Waals surface area (Å²) in [6, 6.07) is 11.5. The van der Waals surface area contributed by atoms with E-state index >= 15 is 0 Å². The molecule has 0 spiro atoms. The van der Waals surface area contributed by atoms with Gasteiger partial charge in [0.2, 0.25) is 5.91 Å². The van der Waals surface area contributed by atoms with Crippen LogP contribution in [0.5, 0.6) is 0 Å². The average Bonchev–Trinajstić information content (AvgIpc) is 2.45. The first-order valence-corrected chi connectivity index (χ1v) is 7.22. The highest BCUT2D eigenvalue weighted by Crippen LogP contribution is 2.23. The standard InChI is InChI=1S/C17H19ClN2O/c1-11-6-4-8-15(12(11)2)19-10-17(21)20-16-9-5-7-14(18)13(16)3/h4-9,19H,10H2,1-3H3,(H,20,21). The van der Waals surface area contributed by atoms with Crippen molar-refractivity contribution < 1.29 is 4.79 Å². The number of hydrogen-bond donors (Lipinski definition) is 2. The van der Waals surface area contributed by atoms with Crippen LogP contribution in [0.2, 0.25) is 5.02 Å². The van der Waals surface area contributed by atoms with E-state index in [0.29, 0.717) is 5.02 Å². The molecule has 0 aromatic heterocycles. The van der Waals surface area contributed by atoms with Gasteiger partial charge >= 0.3 is 0 Å². The molecule has 0 fully saturated rings. The lowest BCUT2D eigenvalue weighted by Crippen LogP contribution is -2.22. The fourth-order valence-electron chi connectivity index (χ4n) is 2.06. The van der Waals surface area contributed by atoms with Crippen LogP contribution in [-0.4, -0.2) is 12.5 Å². The van der Waals surface area contributed by atoms with Crippen molar-refractivity contribution in [2.24, 2.45) is 0 Å². The van der Waals surface area contributed by atoms with E-state index in [2.05, 4.69) is 23.6 Å². The maximum atomic E-state index is 12.0. The van der Waals surface area contributed by atoms with Crippen LogP contribution >= 0.6 is 11.6 Å². The first-order valence-electron chi connectivity index (χ1n) is 6.84. The fraction of sp³-hybridized carbons (Fsp3) is 0.235. The highest BCUT2D eigenvalue weighted by Gasteiger charge is 2.07. The molecule has 21 heavy (non-hydrogen) atoms. The molecular weight excluding hydrogens is 284 g/mol. The maximum absolute atomic E-state index is 12.0. The summed E-state index contributed by atoms with van der Waals surface area (Å²) in [5, 5.41) is 6.68. The minimum atomic E-state index is -0.0960. The van der Waals surface area contributed by atoms with Gasteiger partial charge < -0.3 is 10.6 Å². The minimum absolute atomic E-state index is 0.0960. The van der Waals surface area contributed by atoms with Crippen molar-refractivity contribution in [1.82, 2.24) is 0 Å². The van der Waals surface area contributed by atoms with Gasteiger partial charge in [-0.25, -0.2) is 0 Å². The van der Waals surface area contributed by atoms with E-state index in [9.17, 15) is 4.79 Å². The second kappa shape index (κ2) is 6.64. The van der Waals surface area contributed by atoms with E-state index in [1.807, 2.05) is 38.1 Å². The Morgan fingerprint density at radius 2 is 1.67 bits per heavy atom. The highest BCUT2D eigenvalue weighted by molar-refractivity contribution is 6.31. The van der Waals surface area contributed by atoms with Crippen molar-refractivity contribution in [3.63, 3.8) is 0 Å². The molecule has 0 aliphatic carbocycles. The Morgan fingerprint density at radius 1 is 1.00 bits per heavy atom. The zero-order valence-electron chi connectivity index (χ0n) is 12.5. The summed E-state index contributed by atoms with van der Waals surface area (Å²) in [6.45, 7) is 6.19. The molecule has 2 aromatic rings. The van der Waals surface area contributed by atoms with Gasteiger partial charge in [0.1, 0.15) is 0 Å². The summed E-state index contributed by atoms with van der Waals surface area (Å²) < 4.78 is 0. The van der Waals surface area contributed by atoms with Crippen molar-refractivity contribution >= 4 is 28.9 Å². The Hall–Kier alpha value is -2.00. The lowest BCUT2D eigenvalue weighted by atomic mass is 10.1. The van der Waals surface area contributed by atoms with Gasteiger partial charge in [0.25, 0.3) is 0 Å². The average molecular weight is 303 g/mol. The van der Waals surface area contributed by atoms with Crippen molar-refractivity contribution in [3.05, 3.63) is 58.1 Å². The molecule has 2 rings (SSSR count). The summed E-state index contributed by atoms with van der Waals surface area (Å²) in [7, 11) is 0. The van der Waals surface area contributed by atoms with Crippen molar-refractivity contribution in [1.29, 1.82) is 0 Å². The van der Waals surface area contributed by atoms with Crippen molar-refractivity contribution in [2.45, 2.75) is 20.8 Å². The van der Waals surface area contributed by atoms with Crippen LogP contribution in [0.25, 0.3) is 0 Å². The molecule has 2 N–H and O–H groups in total. The Kier molecular flexibility index (Phi) is 4.86. The van der Waals surface area contributed by atoms with E-state index in [4.69, 9.17) is 11.6 Å². The molecule has 110 valence electrons. The number of anilines is 2. The second-order valence-electron chi connectivity index (χ2n) is 5.06. The lowest BCUT2D eigenvalue weighted by Gasteiger charge is -2.13. The van der Waals surface area contributed by atoms with E-state index < -0.39 is 0 Å². The molecule has 1 amide bonds. The van der Waals surface area contributed by atoms with Crippen LogP contribution in [0.15, 0.2) is 36.4 Å². The summed E-state index contributed by atoms with van der Waals surface area (Å²) in [5.41, 5.74) is 4.96. The highest BCUT2D eigenvalue weighted by atomic mass is 35.5. The summed E-state index contributed by atoms with van der Waals surface area (Å²) in [4.78, 5) is 12.0. The van der Waals surface area contributed by atoms with Gasteiger partial charge in [-0.2, -0.15) is 0 Å². The second-order valence-corrected chi connectivity index (χ2v) is 5.47. The van der Waals surface area contributed by atoms with Crippen molar-refractivity contribution in [3.8, 4) is 0 Å². The fourth-order valence-corrected chi connectivity index (χ4v) is 2.23. The predicted molar refractivity (Wildman–Crippen MR) is 89.2 cm³/mol. The van der Waals surface area contributed by atoms with Crippen LogP contribution in [0.3, 0.4) is 0 Å². The molecule has 0 radical (unpaired) electrons. The quantitative estimate of drug-likeness (QED) is 0.883. The monoisotopic (exact) mass is 302 g/mol. The number of amides is 1. The SMILES string of the molecule is Cc1cccc(NCC(=O)Nc2cccc(Cl)c2C)c1C. The number of carbonyl (C=O) groups is 1. The molecular formula is C17H19ClN2O. The largest absolute Gasteiger partial charge is 0.376 e. The maximum Gasteiger partial charge on any atom is 0.243 e. The Morgan fingerprint density at radius 3 is 2.43 bits per heavy atom. The molecule has 4 heteroatoms. The van der Waals surface area contributed by atoms with Gasteiger partial charge in [0, 0.05) is 16.4 Å². The Bertz CT molecular complexity index is 668. The number of nitrogens with one attached hydrogen (secondary N) is 2. The van der Waals surface area contributed by atoms with E-state index in [1.54, 1.807) is 6.07 Å². The van der Waals surface area contributed by atoms with E-state index in [0.717, 1.165) is 22.5 Å². The minimum Gasteiger partial charge on any atom is -0.376 e. The zero-order chi connectivity index (χ0) is 15.4. The number of hydrogen-bond acceptors (Lipinski definition) is 2. The van der Waals surface area contributed by atoms with Gasteiger partial charge in [0.05, 0.1) is 6.54 Å². The van der Waals surface area contributed by atoms with Crippen LogP contribution < -0.4 is 10.6 Å². The summed E-state index contributed by atoms with van der Waals surface area (Å²) in [6.07, 6.45) is 0. The number of carbonyl (C=O) groups excluding carboxylic acids is 1. The molecule has 0 heterocycles. The van der Waals surface area contributed by atoms with Gasteiger partial charge in [-0.05, 0) is 55.7 Å². The smallest absolute Gasteiger partial charge is 0.243 e. The molecule has 0 atom stereocenters. The van der Waals surface area contributed by atoms with E-state index in [1.165, 1.54) is 5.56 Å². The van der Waals surface area contributed by atoms with Gasteiger partial charge in [-0.15, -0.1) is 0 Å². The third kappa shape index (κ3) is 3.76. The third-order valence-electron chi connectivity index (χ3n) is 3.59. The van der Waals surface area contributed by atoms with Gasteiger partial charge in [-0.1, -0.05) is 29.8 Å². The topological polar surface area (TPSA) is 41.1 Å². The van der Waals surface area contributed by atoms with Crippen LogP contribution in [-0.2, 0) is 4.79 Å². The molecule has 3 nitrogen and oxygen atoms in total. The number of benzene rings is 2. The molecule has 0 bridgehead atoms. The number of rotatable bonds is 4. The molecule has 0 unspecified atom stereocenters. The molecule has 2 aromatic carbocycles. The van der Waals surface area contributed by atoms with E-state index in [-0.39, 0.29) is 12.5 Å². The molecule has 0 saturated heterocycles. The van der Waals surface area contributed by atoms with Gasteiger partial charge in [-0.3, -0.25) is 4.79 Å². The number of halogens is 1. The van der Waals surface area contributed by atoms with Crippen LogP contribution in [0.4, 0.5) is 11.4 Å². The summed E-state index contributed by atoms with van der Waals surface area (Å²) in [5.74, 6) is -0.0960. The Labute approximate surface area is 130 Å².